The normalized spacial score (nSPS) is 13.5. The van der Waals surface area contributed by atoms with Gasteiger partial charge < -0.3 is 8.98 Å². The van der Waals surface area contributed by atoms with Crippen molar-refractivity contribution in [2.75, 3.05) is 0 Å². The zero-order chi connectivity index (χ0) is 28.9. The molecule has 3 heteroatoms. The maximum atomic E-state index is 8.13. The molecular formula is C40H26N2O. The molecule has 0 atom stereocenters. The summed E-state index contributed by atoms with van der Waals surface area (Å²) in [5, 5.41) is 4.56. The number of para-hydroxylation sites is 2. The molecule has 0 N–H and O–H groups in total. The van der Waals surface area contributed by atoms with Crippen molar-refractivity contribution in [3.63, 3.8) is 0 Å². The first-order valence-corrected chi connectivity index (χ1v) is 14.6. The van der Waals surface area contributed by atoms with E-state index in [0.717, 1.165) is 49.8 Å². The number of rotatable bonds is 2. The second-order valence-electron chi connectivity index (χ2n) is 12.0. The minimum absolute atomic E-state index is 0.0873. The van der Waals surface area contributed by atoms with Crippen LogP contribution in [0.5, 0.6) is 0 Å². The summed E-state index contributed by atoms with van der Waals surface area (Å²) in [5.41, 5.74) is 12.7. The van der Waals surface area contributed by atoms with Gasteiger partial charge in [-0.15, -0.1) is 0 Å². The van der Waals surface area contributed by atoms with E-state index in [9.17, 15) is 0 Å². The fraction of sp³-hybridized carbons (Fsp3) is 0.0750. The van der Waals surface area contributed by atoms with E-state index in [1.807, 2.05) is 12.1 Å². The third-order valence-electron chi connectivity index (χ3n) is 9.42. The van der Waals surface area contributed by atoms with Gasteiger partial charge in [0.2, 0.25) is 0 Å². The first kappa shape index (κ1) is 24.1. The Morgan fingerprint density at radius 2 is 1.30 bits per heavy atom. The van der Waals surface area contributed by atoms with Crippen molar-refractivity contribution in [3.05, 3.63) is 144 Å². The molecule has 1 aliphatic rings. The minimum atomic E-state index is -0.0873. The average molecular weight is 551 g/mol. The van der Waals surface area contributed by atoms with E-state index in [4.69, 9.17) is 11.0 Å². The maximum absolute atomic E-state index is 8.13. The summed E-state index contributed by atoms with van der Waals surface area (Å²) in [6.45, 7) is 12.7. The first-order chi connectivity index (χ1) is 21.0. The van der Waals surface area contributed by atoms with Crippen LogP contribution in [0, 0.1) is 6.57 Å². The fourth-order valence-electron chi connectivity index (χ4n) is 7.41. The standard InChI is InChI=1S/C40H26N2O/c1-40(2)31-14-7-4-11-25(31)28-22-30-29-21-24(19-20-37(29)43-38(30)23-32(28)40)39-33(41-3)15-10-18-36(39)42-34-16-8-5-12-26(34)27-13-6-9-17-35(27)42/h4-23H,1-2H3. The van der Waals surface area contributed by atoms with Crippen LogP contribution >= 0.6 is 0 Å². The van der Waals surface area contributed by atoms with Crippen molar-refractivity contribution in [1.29, 1.82) is 0 Å². The smallest absolute Gasteiger partial charge is 0.196 e. The number of fused-ring (bicyclic) bond motifs is 9. The Hall–Kier alpha value is -5.59. The zero-order valence-corrected chi connectivity index (χ0v) is 23.8. The van der Waals surface area contributed by atoms with E-state index >= 15 is 0 Å². The van der Waals surface area contributed by atoms with Crippen molar-refractivity contribution in [2.45, 2.75) is 19.3 Å². The van der Waals surface area contributed by atoms with E-state index in [1.165, 1.54) is 33.0 Å². The summed E-state index contributed by atoms with van der Waals surface area (Å²) in [7, 11) is 0. The number of hydrogen-bond acceptors (Lipinski definition) is 1. The summed E-state index contributed by atoms with van der Waals surface area (Å²) >= 11 is 0. The molecule has 3 nitrogen and oxygen atoms in total. The van der Waals surface area contributed by atoms with Crippen molar-refractivity contribution >= 4 is 49.4 Å². The van der Waals surface area contributed by atoms with Crippen molar-refractivity contribution in [2.24, 2.45) is 0 Å². The molecule has 9 rings (SSSR count). The third-order valence-corrected chi connectivity index (χ3v) is 9.42. The van der Waals surface area contributed by atoms with Crippen LogP contribution in [0.25, 0.3) is 76.5 Å². The molecule has 0 bridgehead atoms. The average Bonchev–Trinajstić information content (AvgIpc) is 3.65. The molecule has 2 heterocycles. The quantitative estimate of drug-likeness (QED) is 0.196. The van der Waals surface area contributed by atoms with Gasteiger partial charge in [-0.05, 0) is 70.3 Å². The lowest BCUT2D eigenvalue weighted by Crippen LogP contribution is -2.14. The Balaban J connectivity index is 1.33. The second-order valence-corrected chi connectivity index (χ2v) is 12.0. The maximum Gasteiger partial charge on any atom is 0.196 e. The van der Waals surface area contributed by atoms with Gasteiger partial charge in [-0.3, -0.25) is 0 Å². The van der Waals surface area contributed by atoms with Gasteiger partial charge in [-0.2, -0.15) is 0 Å². The van der Waals surface area contributed by atoms with Crippen LogP contribution in [0.3, 0.4) is 0 Å². The zero-order valence-electron chi connectivity index (χ0n) is 23.8. The molecule has 0 aliphatic heterocycles. The van der Waals surface area contributed by atoms with E-state index in [2.05, 4.69) is 132 Å². The van der Waals surface area contributed by atoms with Crippen LogP contribution in [0.4, 0.5) is 5.69 Å². The van der Waals surface area contributed by atoms with Gasteiger partial charge in [-0.25, -0.2) is 4.85 Å². The first-order valence-electron chi connectivity index (χ1n) is 14.6. The molecule has 6 aromatic carbocycles. The summed E-state index contributed by atoms with van der Waals surface area (Å²) in [5.74, 6) is 0. The fourth-order valence-corrected chi connectivity index (χ4v) is 7.41. The SMILES string of the molecule is [C-]#[N+]c1cccc(-n2c3ccccc3c3ccccc32)c1-c1ccc2oc3cc4c(cc3c2c1)-c1ccccc1C4(C)C. The Bertz CT molecular complexity index is 2450. The lowest BCUT2D eigenvalue weighted by Gasteiger charge is -2.21. The highest BCUT2D eigenvalue weighted by Gasteiger charge is 2.36. The van der Waals surface area contributed by atoms with Crippen LogP contribution in [-0.2, 0) is 5.41 Å². The lowest BCUT2D eigenvalue weighted by atomic mass is 9.82. The van der Waals surface area contributed by atoms with Crippen LogP contribution < -0.4 is 0 Å². The van der Waals surface area contributed by atoms with Crippen molar-refractivity contribution < 1.29 is 4.42 Å². The summed E-state index contributed by atoms with van der Waals surface area (Å²) < 4.78 is 8.77. The highest BCUT2D eigenvalue weighted by molar-refractivity contribution is 6.12. The monoisotopic (exact) mass is 550 g/mol. The highest BCUT2D eigenvalue weighted by atomic mass is 16.3. The Morgan fingerprint density at radius 1 is 0.605 bits per heavy atom. The number of benzene rings is 6. The third kappa shape index (κ3) is 3.18. The van der Waals surface area contributed by atoms with Gasteiger partial charge in [0.1, 0.15) is 11.2 Å². The van der Waals surface area contributed by atoms with E-state index in [1.54, 1.807) is 0 Å². The molecule has 0 fully saturated rings. The van der Waals surface area contributed by atoms with E-state index in [0.29, 0.717) is 5.69 Å². The molecule has 0 unspecified atom stereocenters. The summed E-state index contributed by atoms with van der Waals surface area (Å²) in [6, 6.07) is 42.7. The van der Waals surface area contributed by atoms with Crippen LogP contribution in [0.15, 0.2) is 126 Å². The number of hydrogen-bond donors (Lipinski definition) is 0. The Morgan fingerprint density at radius 3 is 2.07 bits per heavy atom. The molecular weight excluding hydrogens is 524 g/mol. The van der Waals surface area contributed by atoms with Gasteiger partial charge in [0.15, 0.2) is 5.69 Å². The second kappa shape index (κ2) is 8.47. The van der Waals surface area contributed by atoms with Gasteiger partial charge >= 0.3 is 0 Å². The Labute approximate surface area is 249 Å². The van der Waals surface area contributed by atoms with Crippen molar-refractivity contribution in [3.8, 4) is 27.9 Å². The molecule has 0 saturated carbocycles. The molecule has 0 saturated heterocycles. The molecule has 0 spiro atoms. The van der Waals surface area contributed by atoms with Gasteiger partial charge in [0.05, 0.1) is 17.6 Å². The van der Waals surface area contributed by atoms with Crippen LogP contribution in [0.1, 0.15) is 25.0 Å². The minimum Gasteiger partial charge on any atom is -0.456 e. The number of nitrogens with zero attached hydrogens (tertiary/aromatic N) is 2. The molecule has 1 aliphatic carbocycles. The molecule has 0 radical (unpaired) electrons. The molecule has 202 valence electrons. The van der Waals surface area contributed by atoms with Crippen LogP contribution in [-0.4, -0.2) is 4.57 Å². The summed E-state index contributed by atoms with van der Waals surface area (Å²) in [6.07, 6.45) is 0. The molecule has 43 heavy (non-hydrogen) atoms. The number of furan rings is 1. The Kier molecular flexibility index (Phi) is 4.74. The number of aromatic nitrogens is 1. The largest absolute Gasteiger partial charge is 0.456 e. The van der Waals surface area contributed by atoms with Gasteiger partial charge in [-0.1, -0.05) is 92.7 Å². The van der Waals surface area contributed by atoms with E-state index in [-0.39, 0.29) is 5.41 Å². The molecule has 0 amide bonds. The van der Waals surface area contributed by atoms with Gasteiger partial charge in [0.25, 0.3) is 0 Å². The predicted molar refractivity (Wildman–Crippen MR) is 177 cm³/mol. The lowest BCUT2D eigenvalue weighted by molar-refractivity contribution is 0.647. The predicted octanol–water partition coefficient (Wildman–Crippen LogP) is 11.2. The molecule has 8 aromatic rings. The van der Waals surface area contributed by atoms with Crippen LogP contribution in [0.2, 0.25) is 0 Å². The van der Waals surface area contributed by atoms with Gasteiger partial charge in [0, 0.05) is 38.2 Å². The highest BCUT2D eigenvalue weighted by Crippen LogP contribution is 2.51. The molecule has 2 aromatic heterocycles. The van der Waals surface area contributed by atoms with Crippen molar-refractivity contribution in [1.82, 2.24) is 4.57 Å². The van der Waals surface area contributed by atoms with E-state index < -0.39 is 0 Å². The topological polar surface area (TPSA) is 22.4 Å². The summed E-state index contributed by atoms with van der Waals surface area (Å²) in [4.78, 5) is 4.01.